The van der Waals surface area contributed by atoms with Crippen LogP contribution in [0, 0.1) is 0 Å². The van der Waals surface area contributed by atoms with Gasteiger partial charge >= 0.3 is 0 Å². The van der Waals surface area contributed by atoms with Crippen LogP contribution in [0.4, 0.5) is 0 Å². The Morgan fingerprint density at radius 3 is 1.79 bits per heavy atom. The van der Waals surface area contributed by atoms with E-state index in [0.717, 1.165) is 16.6 Å². The molecule has 0 aliphatic carbocycles. The van der Waals surface area contributed by atoms with Crippen LogP contribution in [-0.4, -0.2) is 0 Å². The van der Waals surface area contributed by atoms with Gasteiger partial charge < -0.3 is 4.42 Å². The van der Waals surface area contributed by atoms with E-state index in [1.807, 2.05) is 28.7 Å². The summed E-state index contributed by atoms with van der Waals surface area (Å²) < 4.78 is 11.8. The van der Waals surface area contributed by atoms with Crippen LogP contribution >= 0.6 is 22.7 Å². The van der Waals surface area contributed by atoms with E-state index in [4.69, 9.17) is 4.42 Å². The normalized spacial score (nSPS) is 12.3. The van der Waals surface area contributed by atoms with Crippen LogP contribution in [0.25, 0.3) is 106 Å². The Bertz CT molecular complexity index is 3020. The standard InChI is InChI=1S/C44H24OS2/c1-3-12-29-27(10-1)40(25-20-21-26-31-22-23-38-43(44(31)47-39(26)24-25)33-15-6-8-19-37(33)46-38)28-11-2-4-13-30(28)41(29)34-16-9-18-36-42(34)32-14-5-7-17-35(32)45-36/h1-24H. The van der Waals surface area contributed by atoms with E-state index >= 15 is 0 Å². The predicted octanol–water partition coefficient (Wildman–Crippen LogP) is 14.0. The zero-order valence-electron chi connectivity index (χ0n) is 25.1. The topological polar surface area (TPSA) is 13.1 Å². The molecule has 0 bridgehead atoms. The lowest BCUT2D eigenvalue weighted by molar-refractivity contribution is 0.669. The average molecular weight is 633 g/mol. The molecular weight excluding hydrogens is 609 g/mol. The Kier molecular flexibility index (Phi) is 5.20. The number of fused-ring (bicyclic) bond motifs is 12. The molecule has 3 heteroatoms. The van der Waals surface area contributed by atoms with Gasteiger partial charge in [-0.3, -0.25) is 0 Å². The lowest BCUT2D eigenvalue weighted by atomic mass is 9.85. The summed E-state index contributed by atoms with van der Waals surface area (Å²) in [6.45, 7) is 0. The molecule has 47 heavy (non-hydrogen) atoms. The lowest BCUT2D eigenvalue weighted by Crippen LogP contribution is -1.91. The van der Waals surface area contributed by atoms with Gasteiger partial charge in [-0.15, -0.1) is 22.7 Å². The Hall–Kier alpha value is -5.48. The molecule has 0 aliphatic rings. The molecule has 3 heterocycles. The van der Waals surface area contributed by atoms with Gasteiger partial charge in [0.15, 0.2) is 0 Å². The third-order valence-electron chi connectivity index (χ3n) is 9.87. The average Bonchev–Trinajstić information content (AvgIpc) is 3.81. The van der Waals surface area contributed by atoms with Crippen molar-refractivity contribution in [1.82, 2.24) is 0 Å². The molecule has 0 radical (unpaired) electrons. The molecule has 0 unspecified atom stereocenters. The summed E-state index contributed by atoms with van der Waals surface area (Å²) in [6.07, 6.45) is 0. The van der Waals surface area contributed by atoms with Crippen LogP contribution in [0.3, 0.4) is 0 Å². The first kappa shape index (κ1) is 25.7. The van der Waals surface area contributed by atoms with Crippen LogP contribution < -0.4 is 0 Å². The first-order valence-corrected chi connectivity index (χ1v) is 17.6. The van der Waals surface area contributed by atoms with Crippen molar-refractivity contribution in [3.63, 3.8) is 0 Å². The minimum Gasteiger partial charge on any atom is -0.456 e. The lowest BCUT2D eigenvalue weighted by Gasteiger charge is -2.18. The number of rotatable bonds is 2. The van der Waals surface area contributed by atoms with Gasteiger partial charge in [0.2, 0.25) is 0 Å². The van der Waals surface area contributed by atoms with Crippen molar-refractivity contribution in [3.8, 4) is 22.3 Å². The minimum absolute atomic E-state index is 0.920. The highest BCUT2D eigenvalue weighted by Crippen LogP contribution is 2.49. The van der Waals surface area contributed by atoms with Gasteiger partial charge in [0.25, 0.3) is 0 Å². The van der Waals surface area contributed by atoms with Crippen molar-refractivity contribution in [2.45, 2.75) is 0 Å². The van der Waals surface area contributed by atoms with Crippen LogP contribution in [0.5, 0.6) is 0 Å². The molecule has 11 rings (SSSR count). The van der Waals surface area contributed by atoms with Gasteiger partial charge in [-0.05, 0) is 74.1 Å². The van der Waals surface area contributed by atoms with Crippen molar-refractivity contribution in [3.05, 3.63) is 146 Å². The van der Waals surface area contributed by atoms with Crippen molar-refractivity contribution >= 4 is 107 Å². The Morgan fingerprint density at radius 2 is 1.00 bits per heavy atom. The molecule has 0 saturated heterocycles. The largest absolute Gasteiger partial charge is 0.456 e. The summed E-state index contributed by atoms with van der Waals surface area (Å²) in [6, 6.07) is 53.3. The van der Waals surface area contributed by atoms with Crippen LogP contribution in [0.2, 0.25) is 0 Å². The number of thiophene rings is 2. The van der Waals surface area contributed by atoms with Crippen molar-refractivity contribution < 1.29 is 4.42 Å². The highest BCUT2D eigenvalue weighted by atomic mass is 32.1. The number of benzene rings is 8. The van der Waals surface area contributed by atoms with Gasteiger partial charge in [-0.1, -0.05) is 115 Å². The Labute approximate surface area is 277 Å². The van der Waals surface area contributed by atoms with E-state index < -0.39 is 0 Å². The maximum absolute atomic E-state index is 6.34. The van der Waals surface area contributed by atoms with E-state index in [1.165, 1.54) is 89.5 Å². The van der Waals surface area contributed by atoms with Gasteiger partial charge in [0.1, 0.15) is 11.2 Å². The van der Waals surface area contributed by atoms with E-state index in [9.17, 15) is 0 Å². The van der Waals surface area contributed by atoms with Gasteiger partial charge in [-0.2, -0.15) is 0 Å². The molecule has 218 valence electrons. The van der Waals surface area contributed by atoms with E-state index in [-0.39, 0.29) is 0 Å². The third kappa shape index (κ3) is 3.53. The minimum atomic E-state index is 0.920. The number of hydrogen-bond acceptors (Lipinski definition) is 3. The predicted molar refractivity (Wildman–Crippen MR) is 205 cm³/mol. The number of furan rings is 1. The number of hydrogen-bond donors (Lipinski definition) is 0. The molecule has 0 amide bonds. The smallest absolute Gasteiger partial charge is 0.136 e. The van der Waals surface area contributed by atoms with Crippen molar-refractivity contribution in [1.29, 1.82) is 0 Å². The maximum Gasteiger partial charge on any atom is 0.136 e. The van der Waals surface area contributed by atoms with E-state index in [0.29, 0.717) is 0 Å². The Balaban J connectivity index is 1.22. The summed E-state index contributed by atoms with van der Waals surface area (Å²) in [5.41, 5.74) is 6.84. The summed E-state index contributed by atoms with van der Waals surface area (Å²) >= 11 is 3.82. The molecule has 0 aliphatic heterocycles. The first-order chi connectivity index (χ1) is 23.3. The fourth-order valence-corrected chi connectivity index (χ4v) is 10.4. The SMILES string of the molecule is c1ccc2c(c1)oc1cccc(-c3c4ccccc4c(-c4ccc5c(c4)sc4c5ccc5sc6ccccc6c54)c4ccccc34)c12. The first-order valence-electron chi connectivity index (χ1n) is 15.9. The molecular formula is C44H24OS2. The third-order valence-corrected chi connectivity index (χ3v) is 12.2. The second-order valence-electron chi connectivity index (χ2n) is 12.3. The molecule has 0 fully saturated rings. The highest BCUT2D eigenvalue weighted by molar-refractivity contribution is 7.29. The summed E-state index contributed by atoms with van der Waals surface area (Å²) in [7, 11) is 0. The fraction of sp³-hybridized carbons (Fsp3) is 0. The zero-order chi connectivity index (χ0) is 30.6. The van der Waals surface area contributed by atoms with Gasteiger partial charge in [0, 0.05) is 51.1 Å². The highest BCUT2D eigenvalue weighted by Gasteiger charge is 2.21. The van der Waals surface area contributed by atoms with E-state index in [2.05, 4.69) is 140 Å². The Morgan fingerprint density at radius 1 is 0.362 bits per heavy atom. The molecule has 0 spiro atoms. The molecule has 0 N–H and O–H groups in total. The molecule has 0 saturated carbocycles. The van der Waals surface area contributed by atoms with Crippen LogP contribution in [-0.2, 0) is 0 Å². The second kappa shape index (κ2) is 9.52. The van der Waals surface area contributed by atoms with Crippen LogP contribution in [0.1, 0.15) is 0 Å². The summed E-state index contributed by atoms with van der Waals surface area (Å²) in [4.78, 5) is 0. The summed E-state index contributed by atoms with van der Waals surface area (Å²) in [5, 5.41) is 12.8. The quantitative estimate of drug-likeness (QED) is 0.173. The van der Waals surface area contributed by atoms with Crippen molar-refractivity contribution in [2.24, 2.45) is 0 Å². The maximum atomic E-state index is 6.34. The fourth-order valence-electron chi connectivity index (χ4n) is 7.91. The molecule has 8 aromatic carbocycles. The van der Waals surface area contributed by atoms with Crippen molar-refractivity contribution in [2.75, 3.05) is 0 Å². The monoisotopic (exact) mass is 632 g/mol. The molecule has 0 atom stereocenters. The molecule has 1 nitrogen and oxygen atoms in total. The van der Waals surface area contributed by atoms with E-state index in [1.54, 1.807) is 0 Å². The van der Waals surface area contributed by atoms with Gasteiger partial charge in [0.05, 0.1) is 0 Å². The zero-order valence-corrected chi connectivity index (χ0v) is 26.7. The van der Waals surface area contributed by atoms with Crippen LogP contribution in [0.15, 0.2) is 150 Å². The summed E-state index contributed by atoms with van der Waals surface area (Å²) in [5.74, 6) is 0. The molecule has 11 aromatic rings. The van der Waals surface area contributed by atoms with Gasteiger partial charge in [-0.25, -0.2) is 0 Å². The molecule has 3 aromatic heterocycles. The number of para-hydroxylation sites is 1. The second-order valence-corrected chi connectivity index (χ2v) is 14.5.